The molecule has 7 heteroatoms. The third kappa shape index (κ3) is 3.41. The number of nitrogens with zero attached hydrogens (tertiary/aromatic N) is 4. The summed E-state index contributed by atoms with van der Waals surface area (Å²) in [4.78, 5) is 6.13. The zero-order valence-corrected chi connectivity index (χ0v) is 12.0. The Bertz CT molecular complexity index is 512. The molecule has 18 heavy (non-hydrogen) atoms. The fraction of sp³-hybridized carbons (Fsp3) is 0.364. The normalized spacial score (nSPS) is 10.6. The van der Waals surface area contributed by atoms with Crippen molar-refractivity contribution in [2.45, 2.75) is 16.6 Å². The van der Waals surface area contributed by atoms with Crippen molar-refractivity contribution in [1.82, 2.24) is 15.2 Å². The Morgan fingerprint density at radius 1 is 1.39 bits per heavy atom. The number of nitrogens with two attached hydrogens (primary N) is 1. The summed E-state index contributed by atoms with van der Waals surface area (Å²) in [7, 11) is 3.93. The highest BCUT2D eigenvalue weighted by Crippen LogP contribution is 2.29. The van der Waals surface area contributed by atoms with Gasteiger partial charge in [0.05, 0.1) is 5.69 Å². The minimum absolute atomic E-state index is 0.474. The molecule has 0 saturated carbocycles. The van der Waals surface area contributed by atoms with E-state index in [1.807, 2.05) is 31.1 Å². The standard InChI is InChI=1S/C11H15N5S2/c1-16(2)10-14-15-11(18-10)17-7-8-3-4-13-9(5-8)6-12/h3-5H,6-7,12H2,1-2H3. The van der Waals surface area contributed by atoms with Crippen LogP contribution in [0.3, 0.4) is 0 Å². The monoisotopic (exact) mass is 281 g/mol. The molecule has 0 aliphatic carbocycles. The average molecular weight is 281 g/mol. The molecule has 0 aromatic carbocycles. The Morgan fingerprint density at radius 3 is 2.89 bits per heavy atom. The van der Waals surface area contributed by atoms with Gasteiger partial charge in [-0.25, -0.2) is 0 Å². The van der Waals surface area contributed by atoms with E-state index >= 15 is 0 Å². The van der Waals surface area contributed by atoms with Crippen LogP contribution in [0.15, 0.2) is 22.7 Å². The third-order valence-electron chi connectivity index (χ3n) is 2.23. The Hall–Kier alpha value is -1.18. The maximum absolute atomic E-state index is 5.57. The molecule has 0 atom stereocenters. The number of anilines is 1. The summed E-state index contributed by atoms with van der Waals surface area (Å²) in [5.41, 5.74) is 7.69. The first-order valence-corrected chi connectivity index (χ1v) is 7.26. The van der Waals surface area contributed by atoms with Crippen LogP contribution in [0, 0.1) is 0 Å². The van der Waals surface area contributed by atoms with Crippen LogP contribution < -0.4 is 10.6 Å². The fourth-order valence-electron chi connectivity index (χ4n) is 1.32. The van der Waals surface area contributed by atoms with Crippen molar-refractivity contribution < 1.29 is 0 Å². The second kappa shape index (κ2) is 6.12. The molecular formula is C11H15N5S2. The minimum atomic E-state index is 0.474. The Labute approximate surface area is 114 Å². The molecule has 0 spiro atoms. The van der Waals surface area contributed by atoms with Gasteiger partial charge in [-0.3, -0.25) is 4.98 Å². The zero-order valence-electron chi connectivity index (χ0n) is 10.3. The average Bonchev–Trinajstić information content (AvgIpc) is 2.85. The summed E-state index contributed by atoms with van der Waals surface area (Å²) in [5.74, 6) is 0.859. The molecule has 0 radical (unpaired) electrons. The lowest BCUT2D eigenvalue weighted by Gasteiger charge is -2.03. The molecule has 0 saturated heterocycles. The van der Waals surface area contributed by atoms with E-state index in [0.29, 0.717) is 6.54 Å². The van der Waals surface area contributed by atoms with Crippen LogP contribution in [-0.2, 0) is 12.3 Å². The van der Waals surface area contributed by atoms with Crippen molar-refractivity contribution >= 4 is 28.2 Å². The first-order valence-electron chi connectivity index (χ1n) is 5.46. The molecule has 96 valence electrons. The van der Waals surface area contributed by atoms with Gasteiger partial charge >= 0.3 is 0 Å². The molecular weight excluding hydrogens is 266 g/mol. The Balaban J connectivity index is 1.97. The van der Waals surface area contributed by atoms with Crippen molar-refractivity contribution in [3.05, 3.63) is 29.6 Å². The number of hydrogen-bond donors (Lipinski definition) is 1. The maximum atomic E-state index is 5.57. The van der Waals surface area contributed by atoms with Gasteiger partial charge in [0.1, 0.15) is 0 Å². The SMILES string of the molecule is CN(C)c1nnc(SCc2ccnc(CN)c2)s1. The van der Waals surface area contributed by atoms with E-state index in [2.05, 4.69) is 15.2 Å². The highest BCUT2D eigenvalue weighted by molar-refractivity contribution is 8.00. The van der Waals surface area contributed by atoms with Crippen molar-refractivity contribution in [3.8, 4) is 0 Å². The van der Waals surface area contributed by atoms with Crippen LogP contribution >= 0.6 is 23.1 Å². The van der Waals surface area contributed by atoms with Gasteiger partial charge in [0.2, 0.25) is 5.13 Å². The molecule has 0 aliphatic heterocycles. The van der Waals surface area contributed by atoms with Gasteiger partial charge in [0.15, 0.2) is 4.34 Å². The molecule has 0 fully saturated rings. The largest absolute Gasteiger partial charge is 0.353 e. The van der Waals surface area contributed by atoms with Crippen LogP contribution in [0.1, 0.15) is 11.3 Å². The Kier molecular flexibility index (Phi) is 4.51. The van der Waals surface area contributed by atoms with E-state index in [1.165, 1.54) is 5.56 Å². The first-order chi connectivity index (χ1) is 8.69. The van der Waals surface area contributed by atoms with Gasteiger partial charge in [-0.05, 0) is 17.7 Å². The number of hydrogen-bond acceptors (Lipinski definition) is 7. The fourth-order valence-corrected chi connectivity index (χ4v) is 3.02. The summed E-state index contributed by atoms with van der Waals surface area (Å²) < 4.78 is 0.977. The number of rotatable bonds is 5. The number of pyridine rings is 1. The van der Waals surface area contributed by atoms with Gasteiger partial charge in [-0.15, -0.1) is 10.2 Å². The van der Waals surface area contributed by atoms with Gasteiger partial charge in [-0.2, -0.15) is 0 Å². The predicted molar refractivity (Wildman–Crippen MR) is 75.9 cm³/mol. The molecule has 2 aromatic heterocycles. The summed E-state index contributed by atoms with van der Waals surface area (Å²) in [6, 6.07) is 4.03. The highest BCUT2D eigenvalue weighted by Gasteiger charge is 2.06. The second-order valence-corrected chi connectivity index (χ2v) is 6.07. The van der Waals surface area contributed by atoms with Gasteiger partial charge in [0.25, 0.3) is 0 Å². The zero-order chi connectivity index (χ0) is 13.0. The van der Waals surface area contributed by atoms with Gasteiger partial charge < -0.3 is 10.6 Å². The van der Waals surface area contributed by atoms with Gasteiger partial charge in [0, 0.05) is 32.6 Å². The van der Waals surface area contributed by atoms with Crippen LogP contribution in [0.2, 0.25) is 0 Å². The lowest BCUT2D eigenvalue weighted by Crippen LogP contribution is -2.07. The summed E-state index contributed by atoms with van der Waals surface area (Å²) >= 11 is 3.28. The van der Waals surface area contributed by atoms with Crippen LogP contribution in [0.4, 0.5) is 5.13 Å². The maximum Gasteiger partial charge on any atom is 0.208 e. The highest BCUT2D eigenvalue weighted by atomic mass is 32.2. The van der Waals surface area contributed by atoms with E-state index in [9.17, 15) is 0 Å². The van der Waals surface area contributed by atoms with Crippen LogP contribution in [0.5, 0.6) is 0 Å². The molecule has 0 bridgehead atoms. The van der Waals surface area contributed by atoms with Crippen molar-refractivity contribution in [3.63, 3.8) is 0 Å². The van der Waals surface area contributed by atoms with Crippen molar-refractivity contribution in [2.75, 3.05) is 19.0 Å². The smallest absolute Gasteiger partial charge is 0.208 e. The van der Waals surface area contributed by atoms with E-state index in [-0.39, 0.29) is 0 Å². The molecule has 0 unspecified atom stereocenters. The third-order valence-corrected chi connectivity index (χ3v) is 4.53. The topological polar surface area (TPSA) is 67.9 Å². The van der Waals surface area contributed by atoms with Crippen molar-refractivity contribution in [1.29, 1.82) is 0 Å². The van der Waals surface area contributed by atoms with Crippen LogP contribution in [-0.4, -0.2) is 29.3 Å². The predicted octanol–water partition coefficient (Wildman–Crippen LogP) is 1.75. The summed E-state index contributed by atoms with van der Waals surface area (Å²) in [5, 5.41) is 9.17. The van der Waals surface area contributed by atoms with Gasteiger partial charge in [-0.1, -0.05) is 23.1 Å². The lowest BCUT2D eigenvalue weighted by atomic mass is 10.2. The molecule has 2 heterocycles. The quantitative estimate of drug-likeness (QED) is 0.842. The summed E-state index contributed by atoms with van der Waals surface area (Å²) in [6.07, 6.45) is 1.80. The molecule has 2 N–H and O–H groups in total. The first kappa shape index (κ1) is 13.3. The summed E-state index contributed by atoms with van der Waals surface area (Å²) in [6.45, 7) is 0.474. The van der Waals surface area contributed by atoms with E-state index < -0.39 is 0 Å². The van der Waals surface area contributed by atoms with E-state index in [1.54, 1.807) is 29.3 Å². The van der Waals surface area contributed by atoms with E-state index in [0.717, 1.165) is 20.9 Å². The lowest BCUT2D eigenvalue weighted by molar-refractivity contribution is 0.971. The van der Waals surface area contributed by atoms with E-state index in [4.69, 9.17) is 5.73 Å². The van der Waals surface area contributed by atoms with Crippen molar-refractivity contribution in [2.24, 2.45) is 5.73 Å². The Morgan fingerprint density at radius 2 is 2.22 bits per heavy atom. The molecule has 0 aliphatic rings. The molecule has 5 nitrogen and oxygen atoms in total. The number of aromatic nitrogens is 3. The number of thioether (sulfide) groups is 1. The molecule has 0 amide bonds. The molecule has 2 rings (SSSR count). The molecule has 2 aromatic rings. The van der Waals surface area contributed by atoms with Crippen LogP contribution in [0.25, 0.3) is 0 Å². The minimum Gasteiger partial charge on any atom is -0.353 e. The second-order valence-electron chi connectivity index (χ2n) is 3.89.